The van der Waals surface area contributed by atoms with Crippen molar-refractivity contribution < 1.29 is 9.47 Å². The van der Waals surface area contributed by atoms with Gasteiger partial charge in [0.2, 0.25) is 0 Å². The lowest BCUT2D eigenvalue weighted by atomic mass is 9.88. The van der Waals surface area contributed by atoms with Gasteiger partial charge in [0.25, 0.3) is 5.56 Å². The Labute approximate surface area is 236 Å². The van der Waals surface area contributed by atoms with Gasteiger partial charge in [-0.3, -0.25) is 4.79 Å². The summed E-state index contributed by atoms with van der Waals surface area (Å²) in [5.74, 6) is 2.20. The maximum Gasteiger partial charge on any atom is 0.282 e. The first-order valence-electron chi connectivity index (χ1n) is 12.4. The van der Waals surface area contributed by atoms with Crippen LogP contribution < -0.4 is 15.0 Å². The molecule has 9 heteroatoms. The van der Waals surface area contributed by atoms with Crippen molar-refractivity contribution in [2.75, 3.05) is 6.61 Å². The highest BCUT2D eigenvalue weighted by atomic mass is 79.9. The molecule has 1 aliphatic carbocycles. The number of ether oxygens (including phenoxy) is 2. The third-order valence-corrected chi connectivity index (χ3v) is 9.10. The van der Waals surface area contributed by atoms with E-state index < -0.39 is 0 Å². The number of hydrogen-bond acceptors (Lipinski definition) is 5. The summed E-state index contributed by atoms with van der Waals surface area (Å²) in [5, 5.41) is 5.23. The maximum absolute atomic E-state index is 13.6. The first-order chi connectivity index (χ1) is 17.3. The molecule has 1 fully saturated rings. The summed E-state index contributed by atoms with van der Waals surface area (Å²) in [5.41, 5.74) is 1.29. The van der Waals surface area contributed by atoms with Crippen molar-refractivity contribution in [2.45, 2.75) is 71.3 Å². The zero-order valence-corrected chi connectivity index (χ0v) is 25.4. The van der Waals surface area contributed by atoms with Crippen molar-refractivity contribution >= 4 is 64.9 Å². The first-order valence-corrected chi connectivity index (χ1v) is 14.8. The number of hydrogen-bond donors (Lipinski definition) is 0. The average molecular weight is 684 g/mol. The molecule has 0 amide bonds. The second-order valence-corrected chi connectivity index (χ2v) is 11.5. The van der Waals surface area contributed by atoms with Crippen molar-refractivity contribution in [3.05, 3.63) is 59.4 Å². The molecular weight excluding hydrogens is 654 g/mol. The number of rotatable bonds is 8. The molecule has 1 aromatic heterocycles. The fourth-order valence-corrected chi connectivity index (χ4v) is 5.65. The Hall–Kier alpha value is -1.71. The summed E-state index contributed by atoms with van der Waals surface area (Å²) < 4.78 is 15.9. The Morgan fingerprint density at radius 2 is 1.89 bits per heavy atom. The second kappa shape index (κ2) is 12.2. The predicted octanol–water partition coefficient (Wildman–Crippen LogP) is 8.19. The van der Waals surface area contributed by atoms with Gasteiger partial charge >= 0.3 is 0 Å². The van der Waals surface area contributed by atoms with Gasteiger partial charge in [0.1, 0.15) is 5.82 Å². The summed E-state index contributed by atoms with van der Waals surface area (Å²) in [6, 6.07) is 7.50. The van der Waals surface area contributed by atoms with Crippen LogP contribution in [0.4, 0.5) is 0 Å². The van der Waals surface area contributed by atoms with Gasteiger partial charge in [0.05, 0.1) is 34.3 Å². The average Bonchev–Trinajstić information content (AvgIpc) is 2.89. The van der Waals surface area contributed by atoms with Gasteiger partial charge in [-0.25, -0.2) is 4.98 Å². The highest BCUT2D eigenvalue weighted by molar-refractivity contribution is 9.13. The smallest absolute Gasteiger partial charge is 0.282 e. The quantitative estimate of drug-likeness (QED) is 0.225. The zero-order chi connectivity index (χ0) is 25.8. The summed E-state index contributed by atoms with van der Waals surface area (Å²) in [7, 11) is 0. The summed E-state index contributed by atoms with van der Waals surface area (Å²) in [6.45, 7) is 6.53. The number of fused-ring (bicyclic) bond motifs is 1. The van der Waals surface area contributed by atoms with E-state index in [1.54, 1.807) is 6.21 Å². The molecule has 36 heavy (non-hydrogen) atoms. The van der Waals surface area contributed by atoms with Crippen molar-refractivity contribution in [1.29, 1.82) is 0 Å². The fraction of sp³-hybridized carbons (Fsp3) is 0.444. The summed E-state index contributed by atoms with van der Waals surface area (Å²) in [6.07, 6.45) is 8.10. The molecule has 0 unspecified atom stereocenters. The number of halogens is 3. The molecule has 3 aromatic rings. The standard InChI is InChI=1S/C27H30Br3N3O3/c1-4-16(3)36-25-22(35-5-2)13-18(23(29)24(25)30)15-31-33-26(17-9-7-6-8-10-17)32-21-12-11-19(28)14-20(21)27(33)34/h11-17H,4-10H2,1-3H3/t16-/m0/s1. The van der Waals surface area contributed by atoms with Gasteiger partial charge < -0.3 is 9.47 Å². The van der Waals surface area contributed by atoms with Crippen molar-refractivity contribution in [1.82, 2.24) is 9.66 Å². The SMILES string of the molecule is CCOc1cc(C=Nn2c(C3CCCCC3)nc3ccc(Br)cc3c2=O)c(Br)c(Br)c1O[C@@H](C)CC. The Morgan fingerprint density at radius 3 is 2.58 bits per heavy atom. The monoisotopic (exact) mass is 681 g/mol. The van der Waals surface area contributed by atoms with E-state index in [2.05, 4.69) is 54.7 Å². The first kappa shape index (κ1) is 27.3. The minimum absolute atomic E-state index is 0.0338. The number of benzene rings is 2. The fourth-order valence-electron chi connectivity index (χ4n) is 4.38. The van der Waals surface area contributed by atoms with Gasteiger partial charge in [-0.1, -0.05) is 42.1 Å². The Morgan fingerprint density at radius 1 is 1.14 bits per heavy atom. The predicted molar refractivity (Wildman–Crippen MR) is 156 cm³/mol. The van der Waals surface area contributed by atoms with Crippen LogP contribution in [0.2, 0.25) is 0 Å². The highest BCUT2D eigenvalue weighted by Gasteiger charge is 2.23. The maximum atomic E-state index is 13.6. The van der Waals surface area contributed by atoms with Crippen LogP contribution in [0.1, 0.15) is 76.6 Å². The van der Waals surface area contributed by atoms with Gasteiger partial charge in [0.15, 0.2) is 11.5 Å². The van der Waals surface area contributed by atoms with E-state index in [1.165, 1.54) is 11.1 Å². The second-order valence-electron chi connectivity index (χ2n) is 9.02. The molecule has 1 atom stereocenters. The van der Waals surface area contributed by atoms with E-state index in [4.69, 9.17) is 19.6 Å². The molecule has 0 aliphatic heterocycles. The van der Waals surface area contributed by atoms with Crippen LogP contribution in [-0.4, -0.2) is 28.6 Å². The number of aromatic nitrogens is 2. The van der Waals surface area contributed by atoms with Crippen molar-refractivity contribution in [2.24, 2.45) is 5.10 Å². The lowest BCUT2D eigenvalue weighted by molar-refractivity contribution is 0.201. The minimum Gasteiger partial charge on any atom is -0.490 e. The molecule has 0 saturated heterocycles. The third kappa shape index (κ3) is 5.89. The summed E-state index contributed by atoms with van der Waals surface area (Å²) in [4.78, 5) is 18.5. The Balaban J connectivity index is 1.84. The lowest BCUT2D eigenvalue weighted by Gasteiger charge is -2.23. The van der Waals surface area contributed by atoms with Crippen LogP contribution in [0.25, 0.3) is 10.9 Å². The van der Waals surface area contributed by atoms with E-state index in [1.807, 2.05) is 38.1 Å². The molecule has 0 spiro atoms. The van der Waals surface area contributed by atoms with Crippen molar-refractivity contribution in [3.63, 3.8) is 0 Å². The molecule has 0 N–H and O–H groups in total. The van der Waals surface area contributed by atoms with E-state index in [0.29, 0.717) is 29.0 Å². The van der Waals surface area contributed by atoms with Crippen LogP contribution in [0.5, 0.6) is 11.5 Å². The molecule has 1 aliphatic rings. The summed E-state index contributed by atoms with van der Waals surface area (Å²) >= 11 is 10.8. The van der Waals surface area contributed by atoms with Crippen LogP contribution >= 0.6 is 47.8 Å². The van der Waals surface area contributed by atoms with Crippen LogP contribution in [0.15, 0.2) is 47.6 Å². The zero-order valence-electron chi connectivity index (χ0n) is 20.7. The topological polar surface area (TPSA) is 65.7 Å². The minimum atomic E-state index is -0.171. The molecule has 4 rings (SSSR count). The van der Waals surface area contributed by atoms with E-state index in [9.17, 15) is 4.79 Å². The van der Waals surface area contributed by atoms with Gasteiger partial charge in [-0.15, -0.1) is 0 Å². The Kier molecular flexibility index (Phi) is 9.28. The number of nitrogens with zero attached hydrogens (tertiary/aromatic N) is 3. The molecular formula is C27H30Br3N3O3. The largest absolute Gasteiger partial charge is 0.490 e. The van der Waals surface area contributed by atoms with Gasteiger partial charge in [-0.05, 0) is 89.2 Å². The molecule has 192 valence electrons. The highest BCUT2D eigenvalue weighted by Crippen LogP contribution is 2.43. The van der Waals surface area contributed by atoms with Crippen molar-refractivity contribution in [3.8, 4) is 11.5 Å². The molecule has 6 nitrogen and oxygen atoms in total. The third-order valence-electron chi connectivity index (χ3n) is 6.47. The lowest BCUT2D eigenvalue weighted by Crippen LogP contribution is -2.25. The molecule has 0 bridgehead atoms. The normalized spacial score (nSPS) is 15.5. The van der Waals surface area contributed by atoms with E-state index >= 15 is 0 Å². The van der Waals surface area contributed by atoms with E-state index in [-0.39, 0.29) is 17.6 Å². The van der Waals surface area contributed by atoms with Crippen LogP contribution in [-0.2, 0) is 0 Å². The molecule has 1 heterocycles. The molecule has 0 radical (unpaired) electrons. The van der Waals surface area contributed by atoms with Gasteiger partial charge in [-0.2, -0.15) is 9.78 Å². The molecule has 2 aromatic carbocycles. The van der Waals surface area contributed by atoms with Gasteiger partial charge in [0, 0.05) is 20.4 Å². The van der Waals surface area contributed by atoms with E-state index in [0.717, 1.165) is 56.9 Å². The Bertz CT molecular complexity index is 1330. The molecule has 1 saturated carbocycles. The van der Waals surface area contributed by atoms with Crippen LogP contribution in [0.3, 0.4) is 0 Å². The van der Waals surface area contributed by atoms with Crippen LogP contribution in [0, 0.1) is 0 Å².